The Kier molecular flexibility index (Phi) is 6.47. The minimum Gasteiger partial charge on any atom is -0.489 e. The van der Waals surface area contributed by atoms with Crippen LogP contribution in [0.4, 0.5) is 13.2 Å². The van der Waals surface area contributed by atoms with Gasteiger partial charge in [0.25, 0.3) is 0 Å². The summed E-state index contributed by atoms with van der Waals surface area (Å²) in [5, 5.41) is 3.70. The Balaban J connectivity index is 1.82. The van der Waals surface area contributed by atoms with Gasteiger partial charge in [0.15, 0.2) is 5.82 Å². The summed E-state index contributed by atoms with van der Waals surface area (Å²) in [7, 11) is 0. The first kappa shape index (κ1) is 22.1. The van der Waals surface area contributed by atoms with Crippen LogP contribution >= 0.6 is 0 Å². The number of rotatable bonds is 7. The highest BCUT2D eigenvalue weighted by Gasteiger charge is 2.20. The summed E-state index contributed by atoms with van der Waals surface area (Å²) in [6.45, 7) is 1.66. The molecule has 0 radical (unpaired) electrons. The molecule has 3 aromatic rings. The van der Waals surface area contributed by atoms with E-state index in [1.807, 2.05) is 13.0 Å². The van der Waals surface area contributed by atoms with Gasteiger partial charge in [-0.1, -0.05) is 19.1 Å². The van der Waals surface area contributed by atoms with Gasteiger partial charge in [0, 0.05) is 18.1 Å². The molecular weight excluding hydrogens is 415 g/mol. The second-order valence-electron chi connectivity index (χ2n) is 6.73. The SMILES string of the molecule is CCC(=O)Oc1cc(C)ccc1COc1ccc(-n2nc(C)n(C(F)F)c2=O)c(F)c1. The Morgan fingerprint density at radius 2 is 1.90 bits per heavy atom. The number of alkyl halides is 2. The molecule has 7 nitrogen and oxygen atoms in total. The maximum atomic E-state index is 14.6. The van der Waals surface area contributed by atoms with E-state index in [2.05, 4.69) is 5.10 Å². The molecule has 0 spiro atoms. The lowest BCUT2D eigenvalue weighted by Crippen LogP contribution is -2.25. The Morgan fingerprint density at radius 3 is 2.52 bits per heavy atom. The van der Waals surface area contributed by atoms with Crippen LogP contribution in [-0.4, -0.2) is 20.3 Å². The lowest BCUT2D eigenvalue weighted by molar-refractivity contribution is -0.134. The van der Waals surface area contributed by atoms with Crippen LogP contribution in [0.15, 0.2) is 41.2 Å². The second kappa shape index (κ2) is 9.07. The fourth-order valence-corrected chi connectivity index (χ4v) is 2.84. The van der Waals surface area contributed by atoms with Crippen molar-refractivity contribution in [3.05, 3.63) is 69.7 Å². The number of aryl methyl sites for hydroxylation is 2. The molecule has 0 N–H and O–H groups in total. The van der Waals surface area contributed by atoms with Crippen molar-refractivity contribution in [3.8, 4) is 17.2 Å². The number of hydrogen-bond acceptors (Lipinski definition) is 5. The molecule has 10 heteroatoms. The molecule has 0 saturated carbocycles. The summed E-state index contributed by atoms with van der Waals surface area (Å²) in [4.78, 5) is 23.7. The standard InChI is InChI=1S/C21H20F3N3O4/c1-4-19(28)31-18-9-12(2)5-6-14(18)11-30-15-7-8-17(16(22)10-15)27-21(29)26(20(23)24)13(3)25-27/h5-10,20H,4,11H2,1-3H3. The molecule has 1 aromatic heterocycles. The molecule has 0 unspecified atom stereocenters. The number of carbonyl (C=O) groups excluding carboxylic acids is 1. The van der Waals surface area contributed by atoms with E-state index < -0.39 is 24.0 Å². The average Bonchev–Trinajstić information content (AvgIpc) is 3.01. The monoisotopic (exact) mass is 435 g/mol. The van der Waals surface area contributed by atoms with Gasteiger partial charge in [0.1, 0.15) is 29.6 Å². The second-order valence-corrected chi connectivity index (χ2v) is 6.73. The highest BCUT2D eigenvalue weighted by Crippen LogP contribution is 2.25. The molecule has 0 amide bonds. The van der Waals surface area contributed by atoms with Gasteiger partial charge in [-0.05, 0) is 37.6 Å². The number of halogens is 3. The highest BCUT2D eigenvalue weighted by atomic mass is 19.3. The zero-order chi connectivity index (χ0) is 22.7. The number of hydrogen-bond donors (Lipinski definition) is 0. The molecule has 0 bridgehead atoms. The molecule has 3 rings (SSSR count). The van der Waals surface area contributed by atoms with Crippen LogP contribution in [-0.2, 0) is 11.4 Å². The quantitative estimate of drug-likeness (QED) is 0.413. The lowest BCUT2D eigenvalue weighted by atomic mass is 10.1. The van der Waals surface area contributed by atoms with Crippen molar-refractivity contribution in [2.24, 2.45) is 0 Å². The number of nitrogens with zero attached hydrogens (tertiary/aromatic N) is 3. The minimum atomic E-state index is -3.09. The number of carbonyl (C=O) groups is 1. The Hall–Kier alpha value is -3.56. The third kappa shape index (κ3) is 4.79. The highest BCUT2D eigenvalue weighted by molar-refractivity contribution is 5.72. The van der Waals surface area contributed by atoms with Crippen LogP contribution in [0.3, 0.4) is 0 Å². The zero-order valence-electron chi connectivity index (χ0n) is 17.1. The van der Waals surface area contributed by atoms with Crippen LogP contribution in [0.25, 0.3) is 5.69 Å². The Bertz CT molecular complexity index is 1170. The molecule has 0 aliphatic heterocycles. The van der Waals surface area contributed by atoms with Gasteiger partial charge in [0.2, 0.25) is 0 Å². The predicted octanol–water partition coefficient (Wildman–Crippen LogP) is 4.08. The van der Waals surface area contributed by atoms with E-state index in [1.165, 1.54) is 19.1 Å². The van der Waals surface area contributed by atoms with Gasteiger partial charge < -0.3 is 9.47 Å². The maximum Gasteiger partial charge on any atom is 0.355 e. The van der Waals surface area contributed by atoms with E-state index in [0.29, 0.717) is 16.0 Å². The van der Waals surface area contributed by atoms with Crippen molar-refractivity contribution in [3.63, 3.8) is 0 Å². The van der Waals surface area contributed by atoms with Crippen molar-refractivity contribution in [1.82, 2.24) is 14.3 Å². The van der Waals surface area contributed by atoms with Crippen LogP contribution in [0.1, 0.15) is 36.8 Å². The third-order valence-corrected chi connectivity index (χ3v) is 4.45. The molecule has 0 aliphatic carbocycles. The summed E-state index contributed by atoms with van der Waals surface area (Å²) in [5.74, 6) is -1.03. The van der Waals surface area contributed by atoms with Gasteiger partial charge in [-0.2, -0.15) is 13.5 Å². The summed E-state index contributed by atoms with van der Waals surface area (Å²) >= 11 is 0. The number of aromatic nitrogens is 3. The van der Waals surface area contributed by atoms with E-state index in [0.717, 1.165) is 11.6 Å². The topological polar surface area (TPSA) is 75.3 Å². The van der Waals surface area contributed by atoms with E-state index in [-0.39, 0.29) is 34.9 Å². The fraction of sp³-hybridized carbons (Fsp3) is 0.286. The molecule has 0 fully saturated rings. The van der Waals surface area contributed by atoms with Crippen molar-refractivity contribution in [2.75, 3.05) is 0 Å². The smallest absolute Gasteiger partial charge is 0.355 e. The van der Waals surface area contributed by atoms with E-state index >= 15 is 0 Å². The summed E-state index contributed by atoms with van der Waals surface area (Å²) in [6, 6.07) is 8.86. The van der Waals surface area contributed by atoms with Crippen molar-refractivity contribution < 1.29 is 27.4 Å². The van der Waals surface area contributed by atoms with Gasteiger partial charge in [0.05, 0.1) is 0 Å². The lowest BCUT2D eigenvalue weighted by Gasteiger charge is -2.12. The van der Waals surface area contributed by atoms with Crippen LogP contribution < -0.4 is 15.2 Å². The number of benzene rings is 2. The van der Waals surface area contributed by atoms with E-state index in [4.69, 9.17) is 9.47 Å². The zero-order valence-corrected chi connectivity index (χ0v) is 17.1. The molecular formula is C21H20F3N3O4. The molecule has 0 atom stereocenters. The largest absolute Gasteiger partial charge is 0.489 e. The van der Waals surface area contributed by atoms with Crippen LogP contribution in [0.2, 0.25) is 0 Å². The number of esters is 1. The van der Waals surface area contributed by atoms with E-state index in [1.54, 1.807) is 19.1 Å². The Labute approximate surface area is 175 Å². The minimum absolute atomic E-state index is 0.00946. The summed E-state index contributed by atoms with van der Waals surface area (Å²) in [6.07, 6.45) is 0.209. The van der Waals surface area contributed by atoms with Crippen LogP contribution in [0.5, 0.6) is 11.5 Å². The molecule has 2 aromatic carbocycles. The molecule has 31 heavy (non-hydrogen) atoms. The van der Waals surface area contributed by atoms with E-state index in [9.17, 15) is 22.8 Å². The molecule has 1 heterocycles. The fourth-order valence-electron chi connectivity index (χ4n) is 2.84. The molecule has 0 saturated heterocycles. The first-order chi connectivity index (χ1) is 14.7. The molecule has 0 aliphatic rings. The average molecular weight is 435 g/mol. The van der Waals surface area contributed by atoms with Crippen molar-refractivity contribution in [1.29, 1.82) is 0 Å². The van der Waals surface area contributed by atoms with Gasteiger partial charge >= 0.3 is 18.2 Å². The summed E-state index contributed by atoms with van der Waals surface area (Å²) in [5.41, 5.74) is 0.0382. The van der Waals surface area contributed by atoms with Gasteiger partial charge in [-0.25, -0.2) is 13.8 Å². The van der Waals surface area contributed by atoms with Gasteiger partial charge in [-0.15, -0.1) is 5.10 Å². The van der Waals surface area contributed by atoms with Crippen molar-refractivity contribution in [2.45, 2.75) is 40.3 Å². The summed E-state index contributed by atoms with van der Waals surface area (Å²) < 4.78 is 52.2. The normalized spacial score (nSPS) is 11.1. The first-order valence-corrected chi connectivity index (χ1v) is 9.40. The predicted molar refractivity (Wildman–Crippen MR) is 105 cm³/mol. The Morgan fingerprint density at radius 1 is 1.16 bits per heavy atom. The maximum absolute atomic E-state index is 14.6. The third-order valence-electron chi connectivity index (χ3n) is 4.45. The van der Waals surface area contributed by atoms with Crippen LogP contribution in [0, 0.1) is 19.7 Å². The molecule has 164 valence electrons. The van der Waals surface area contributed by atoms with Gasteiger partial charge in [-0.3, -0.25) is 4.79 Å². The van der Waals surface area contributed by atoms with Crippen molar-refractivity contribution >= 4 is 5.97 Å². The number of ether oxygens (including phenoxy) is 2. The first-order valence-electron chi connectivity index (χ1n) is 9.40.